The van der Waals surface area contributed by atoms with E-state index in [0.29, 0.717) is 6.42 Å². The van der Waals surface area contributed by atoms with Crippen LogP contribution < -0.4 is 9.64 Å². The third-order valence-electron chi connectivity index (χ3n) is 4.01. The number of methoxy groups -OCH3 is 1. The van der Waals surface area contributed by atoms with E-state index in [1.807, 2.05) is 29.2 Å². The molecule has 1 N–H and O–H groups in total. The molecular weight excluding hydrogens is 268 g/mol. The van der Waals surface area contributed by atoms with Crippen molar-refractivity contribution in [3.63, 3.8) is 0 Å². The molecule has 110 valence electrons. The van der Waals surface area contributed by atoms with E-state index in [1.54, 1.807) is 13.3 Å². The van der Waals surface area contributed by atoms with Crippen molar-refractivity contribution in [3.8, 4) is 5.75 Å². The smallest absolute Gasteiger partial charge is 0.326 e. The van der Waals surface area contributed by atoms with E-state index in [4.69, 9.17) is 4.74 Å². The minimum Gasteiger partial charge on any atom is -0.497 e. The second kappa shape index (κ2) is 5.60. The van der Waals surface area contributed by atoms with E-state index in [9.17, 15) is 9.90 Å². The van der Waals surface area contributed by atoms with E-state index in [-0.39, 0.29) is 0 Å². The average Bonchev–Trinajstić information content (AvgIpc) is 2.53. The van der Waals surface area contributed by atoms with Crippen LogP contribution in [0.25, 0.3) is 10.8 Å². The number of carboxylic acids is 1. The van der Waals surface area contributed by atoms with Crippen molar-refractivity contribution >= 4 is 22.6 Å². The minimum absolute atomic E-state index is 0.487. The first kappa shape index (κ1) is 13.7. The number of rotatable bonds is 3. The number of aromatic nitrogens is 1. The molecule has 21 heavy (non-hydrogen) atoms. The summed E-state index contributed by atoms with van der Waals surface area (Å²) in [5, 5.41) is 11.4. The molecule has 3 rings (SSSR count). The van der Waals surface area contributed by atoms with E-state index in [2.05, 4.69) is 4.98 Å². The molecule has 0 aliphatic carbocycles. The topological polar surface area (TPSA) is 62.7 Å². The van der Waals surface area contributed by atoms with E-state index >= 15 is 0 Å². The van der Waals surface area contributed by atoms with Crippen LogP contribution in [0.2, 0.25) is 0 Å². The van der Waals surface area contributed by atoms with Gasteiger partial charge in [0, 0.05) is 18.1 Å². The highest BCUT2D eigenvalue weighted by Crippen LogP contribution is 2.31. The molecule has 2 aromatic rings. The first-order valence-electron chi connectivity index (χ1n) is 7.13. The Kier molecular flexibility index (Phi) is 3.64. The number of ether oxygens (including phenoxy) is 1. The van der Waals surface area contributed by atoms with Crippen molar-refractivity contribution in [1.82, 2.24) is 4.98 Å². The van der Waals surface area contributed by atoms with Gasteiger partial charge in [-0.3, -0.25) is 0 Å². The number of aliphatic carboxylic acids is 1. The molecule has 1 aromatic carbocycles. The van der Waals surface area contributed by atoms with E-state index in [1.165, 1.54) is 0 Å². The lowest BCUT2D eigenvalue weighted by atomic mass is 10.0. The molecule has 1 aliphatic heterocycles. The number of carbonyl (C=O) groups is 1. The van der Waals surface area contributed by atoms with Gasteiger partial charge in [0.2, 0.25) is 0 Å². The summed E-state index contributed by atoms with van der Waals surface area (Å²) in [6.45, 7) is 0.731. The molecule has 5 heteroatoms. The van der Waals surface area contributed by atoms with Crippen molar-refractivity contribution in [2.45, 2.75) is 25.3 Å². The molecule has 1 unspecified atom stereocenters. The first-order chi connectivity index (χ1) is 10.2. The van der Waals surface area contributed by atoms with Crippen molar-refractivity contribution in [2.24, 2.45) is 0 Å². The Morgan fingerprint density at radius 1 is 1.38 bits per heavy atom. The van der Waals surface area contributed by atoms with Gasteiger partial charge >= 0.3 is 5.97 Å². The maximum atomic E-state index is 11.5. The molecule has 0 radical (unpaired) electrons. The number of fused-ring (bicyclic) bond motifs is 1. The fourth-order valence-corrected chi connectivity index (χ4v) is 2.94. The van der Waals surface area contributed by atoms with Crippen LogP contribution in [0, 0.1) is 0 Å². The number of anilines is 1. The molecule has 5 nitrogen and oxygen atoms in total. The highest BCUT2D eigenvalue weighted by Gasteiger charge is 2.30. The maximum absolute atomic E-state index is 11.5. The molecule has 1 aliphatic rings. The Labute approximate surface area is 123 Å². The van der Waals surface area contributed by atoms with Gasteiger partial charge in [0.15, 0.2) is 0 Å². The Morgan fingerprint density at radius 3 is 3.00 bits per heavy atom. The summed E-state index contributed by atoms with van der Waals surface area (Å²) in [6, 6.07) is 7.21. The summed E-state index contributed by atoms with van der Waals surface area (Å²) in [6.07, 6.45) is 4.35. The largest absolute Gasteiger partial charge is 0.497 e. The molecule has 1 fully saturated rings. The van der Waals surface area contributed by atoms with Crippen LogP contribution in [-0.4, -0.2) is 35.8 Å². The van der Waals surface area contributed by atoms with Gasteiger partial charge in [-0.1, -0.05) is 0 Å². The van der Waals surface area contributed by atoms with Gasteiger partial charge in [0.05, 0.1) is 7.11 Å². The zero-order chi connectivity index (χ0) is 14.8. The number of hydrogen-bond acceptors (Lipinski definition) is 4. The van der Waals surface area contributed by atoms with Crippen LogP contribution in [0.4, 0.5) is 5.82 Å². The van der Waals surface area contributed by atoms with Gasteiger partial charge in [0.25, 0.3) is 0 Å². The van der Waals surface area contributed by atoms with Gasteiger partial charge in [-0.05, 0) is 48.9 Å². The molecule has 0 bridgehead atoms. The van der Waals surface area contributed by atoms with Crippen LogP contribution in [0.1, 0.15) is 19.3 Å². The molecule has 0 spiro atoms. The fourth-order valence-electron chi connectivity index (χ4n) is 2.94. The van der Waals surface area contributed by atoms with Gasteiger partial charge in [-0.2, -0.15) is 0 Å². The first-order valence-corrected chi connectivity index (χ1v) is 7.13. The predicted octanol–water partition coefficient (Wildman–Crippen LogP) is 2.69. The van der Waals surface area contributed by atoms with E-state index < -0.39 is 12.0 Å². The molecule has 2 heterocycles. The predicted molar refractivity (Wildman–Crippen MR) is 80.9 cm³/mol. The second-order valence-electron chi connectivity index (χ2n) is 5.26. The SMILES string of the molecule is COc1ccc2c(N3CCCCC3C(=O)O)nccc2c1. The molecule has 1 saturated heterocycles. The quantitative estimate of drug-likeness (QED) is 0.940. The third kappa shape index (κ3) is 2.51. The summed E-state index contributed by atoms with van der Waals surface area (Å²) in [5.74, 6) is 0.761. The highest BCUT2D eigenvalue weighted by molar-refractivity contribution is 5.94. The van der Waals surface area contributed by atoms with Gasteiger partial charge < -0.3 is 14.7 Å². The lowest BCUT2D eigenvalue weighted by Gasteiger charge is -2.34. The number of piperidine rings is 1. The summed E-state index contributed by atoms with van der Waals surface area (Å²) >= 11 is 0. The summed E-state index contributed by atoms with van der Waals surface area (Å²) < 4.78 is 5.24. The molecule has 1 atom stereocenters. The van der Waals surface area contributed by atoms with Gasteiger partial charge in [0.1, 0.15) is 17.6 Å². The highest BCUT2D eigenvalue weighted by atomic mass is 16.5. The molecule has 0 saturated carbocycles. The number of pyridine rings is 1. The number of benzene rings is 1. The average molecular weight is 286 g/mol. The Bertz CT molecular complexity index is 672. The zero-order valence-corrected chi connectivity index (χ0v) is 12.0. The molecule has 0 amide bonds. The monoisotopic (exact) mass is 286 g/mol. The summed E-state index contributed by atoms with van der Waals surface area (Å²) in [4.78, 5) is 17.8. The number of hydrogen-bond donors (Lipinski definition) is 1. The van der Waals surface area contributed by atoms with Crippen molar-refractivity contribution in [2.75, 3.05) is 18.6 Å². The Balaban J connectivity index is 2.08. The van der Waals surface area contributed by atoms with Gasteiger partial charge in [-0.25, -0.2) is 9.78 Å². The van der Waals surface area contributed by atoms with Crippen LogP contribution in [0.15, 0.2) is 30.5 Å². The standard InChI is InChI=1S/C16H18N2O3/c1-21-12-5-6-13-11(10-12)7-8-17-15(13)18-9-3-2-4-14(18)16(19)20/h5-8,10,14H,2-4,9H2,1H3,(H,19,20). The van der Waals surface area contributed by atoms with Crippen molar-refractivity contribution < 1.29 is 14.6 Å². The lowest BCUT2D eigenvalue weighted by molar-refractivity contribution is -0.139. The van der Waals surface area contributed by atoms with Crippen LogP contribution in [0.3, 0.4) is 0 Å². The molecular formula is C16H18N2O3. The normalized spacial score (nSPS) is 18.7. The number of nitrogens with zero attached hydrogens (tertiary/aromatic N) is 2. The van der Waals surface area contributed by atoms with Crippen LogP contribution >= 0.6 is 0 Å². The minimum atomic E-state index is -0.776. The Hall–Kier alpha value is -2.30. The van der Waals surface area contributed by atoms with Crippen molar-refractivity contribution in [3.05, 3.63) is 30.5 Å². The van der Waals surface area contributed by atoms with E-state index in [0.717, 1.165) is 41.7 Å². The lowest BCUT2D eigenvalue weighted by Crippen LogP contribution is -2.45. The van der Waals surface area contributed by atoms with Crippen LogP contribution in [-0.2, 0) is 4.79 Å². The Morgan fingerprint density at radius 2 is 2.24 bits per heavy atom. The zero-order valence-electron chi connectivity index (χ0n) is 12.0. The summed E-state index contributed by atoms with van der Waals surface area (Å²) in [5.41, 5.74) is 0. The molecule has 1 aromatic heterocycles. The summed E-state index contributed by atoms with van der Waals surface area (Å²) in [7, 11) is 1.63. The number of carboxylic acid groups (broad SMARTS) is 1. The third-order valence-corrected chi connectivity index (χ3v) is 4.01. The maximum Gasteiger partial charge on any atom is 0.326 e. The van der Waals surface area contributed by atoms with Gasteiger partial charge in [-0.15, -0.1) is 0 Å². The van der Waals surface area contributed by atoms with Crippen molar-refractivity contribution in [1.29, 1.82) is 0 Å². The van der Waals surface area contributed by atoms with Crippen LogP contribution in [0.5, 0.6) is 5.75 Å². The fraction of sp³-hybridized carbons (Fsp3) is 0.375. The second-order valence-corrected chi connectivity index (χ2v) is 5.26.